The lowest BCUT2D eigenvalue weighted by Crippen LogP contribution is -1.96. The molecular formula is C74H44. The van der Waals surface area contributed by atoms with Gasteiger partial charge in [0, 0.05) is 0 Å². The van der Waals surface area contributed by atoms with Crippen molar-refractivity contribution < 1.29 is 0 Å². The van der Waals surface area contributed by atoms with Crippen LogP contribution in [0.25, 0.3) is 165 Å². The lowest BCUT2D eigenvalue weighted by molar-refractivity contribution is 1.57. The third-order valence-corrected chi connectivity index (χ3v) is 16.3. The average Bonchev–Trinajstić information content (AvgIpc) is 3.98. The molecule has 2 aliphatic carbocycles. The zero-order chi connectivity index (χ0) is 48.4. The lowest BCUT2D eigenvalue weighted by atomic mass is 9.80. The first-order valence-electron chi connectivity index (χ1n) is 25.8. The van der Waals surface area contributed by atoms with E-state index in [2.05, 4.69) is 267 Å². The minimum atomic E-state index is 1.20. The molecule has 2 aliphatic rings. The highest BCUT2D eigenvalue weighted by molar-refractivity contribution is 6.30. The molecule has 340 valence electrons. The van der Waals surface area contributed by atoms with E-state index in [1.54, 1.807) is 0 Å². The van der Waals surface area contributed by atoms with Crippen LogP contribution in [0.4, 0.5) is 0 Å². The molecule has 0 spiro atoms. The molecule has 0 atom stereocenters. The molecule has 0 aromatic heterocycles. The third-order valence-electron chi connectivity index (χ3n) is 16.3. The molecule has 0 aliphatic heterocycles. The van der Waals surface area contributed by atoms with Crippen molar-refractivity contribution in [2.24, 2.45) is 0 Å². The summed E-state index contributed by atoms with van der Waals surface area (Å²) in [6, 6.07) is 100. The Morgan fingerprint density at radius 2 is 0.378 bits per heavy atom. The summed E-state index contributed by atoms with van der Waals surface area (Å²) in [6.07, 6.45) is 0. The van der Waals surface area contributed by atoms with Crippen LogP contribution in [0.2, 0.25) is 0 Å². The van der Waals surface area contributed by atoms with Crippen LogP contribution >= 0.6 is 0 Å². The highest BCUT2D eigenvalue weighted by Crippen LogP contribution is 2.56. The van der Waals surface area contributed by atoms with Crippen LogP contribution in [0, 0.1) is 0 Å². The second-order valence-corrected chi connectivity index (χ2v) is 20.2. The molecule has 16 rings (SSSR count). The normalized spacial score (nSPS) is 12.1. The first-order chi connectivity index (χ1) is 36.7. The molecule has 0 heteroatoms. The standard InChI is InChI=1S/C74H44/c1-5-19-45(20-6-1)51-31-17-32-52(46-21-7-2-8-22-46)73(51)69-43-65-64-40-60-56-36-14-28-50-30-16-38-58(72(50)56)62(60)42-68(64)70(74-53(47-23-9-3-10-24-47)33-18-34-54(74)48-25-11-4-12-26-48)44-66(65)63-39-59-55-35-13-27-49-29-15-37-57(71(49)55)61(59)41-67(63)69/h1-44H. The molecule has 0 N–H and O–H groups in total. The van der Waals surface area contributed by atoms with E-state index >= 15 is 0 Å². The summed E-state index contributed by atoms with van der Waals surface area (Å²) in [5, 5.41) is 12.7. The van der Waals surface area contributed by atoms with E-state index in [9.17, 15) is 0 Å². The number of fused-ring (bicyclic) bond motifs is 11. The zero-order valence-corrected chi connectivity index (χ0v) is 40.4. The van der Waals surface area contributed by atoms with E-state index in [1.807, 2.05) is 0 Å². The summed E-state index contributed by atoms with van der Waals surface area (Å²) in [6.45, 7) is 0. The fourth-order valence-electron chi connectivity index (χ4n) is 13.1. The number of rotatable bonds is 6. The van der Waals surface area contributed by atoms with Crippen LogP contribution in [0.1, 0.15) is 0 Å². The second-order valence-electron chi connectivity index (χ2n) is 20.2. The maximum absolute atomic E-state index is 2.57. The van der Waals surface area contributed by atoms with Crippen LogP contribution in [0.15, 0.2) is 267 Å². The molecule has 0 bridgehead atoms. The van der Waals surface area contributed by atoms with Crippen molar-refractivity contribution in [3.63, 3.8) is 0 Å². The van der Waals surface area contributed by atoms with Crippen LogP contribution in [-0.2, 0) is 0 Å². The first-order valence-corrected chi connectivity index (χ1v) is 25.8. The van der Waals surface area contributed by atoms with Gasteiger partial charge in [0.15, 0.2) is 0 Å². The third kappa shape index (κ3) is 5.97. The van der Waals surface area contributed by atoms with E-state index in [4.69, 9.17) is 0 Å². The van der Waals surface area contributed by atoms with Gasteiger partial charge in [-0.15, -0.1) is 0 Å². The highest BCUT2D eigenvalue weighted by atomic mass is 14.3. The van der Waals surface area contributed by atoms with Crippen molar-refractivity contribution in [3.8, 4) is 111 Å². The van der Waals surface area contributed by atoms with E-state index in [1.165, 1.54) is 165 Å². The zero-order valence-electron chi connectivity index (χ0n) is 40.4. The molecule has 0 radical (unpaired) electrons. The van der Waals surface area contributed by atoms with Gasteiger partial charge in [0.05, 0.1) is 0 Å². The number of hydrogen-bond acceptors (Lipinski definition) is 0. The Kier molecular flexibility index (Phi) is 8.84. The van der Waals surface area contributed by atoms with Gasteiger partial charge >= 0.3 is 0 Å². The Balaban J connectivity index is 1.13. The Morgan fingerprint density at radius 1 is 0.149 bits per heavy atom. The van der Waals surface area contributed by atoms with Crippen LogP contribution < -0.4 is 0 Å². The first kappa shape index (κ1) is 41.0. The van der Waals surface area contributed by atoms with Crippen molar-refractivity contribution in [1.29, 1.82) is 0 Å². The maximum atomic E-state index is 2.57. The molecule has 74 heavy (non-hydrogen) atoms. The Morgan fingerprint density at radius 3 is 0.676 bits per heavy atom. The van der Waals surface area contributed by atoms with Gasteiger partial charge in [-0.3, -0.25) is 0 Å². The fraction of sp³-hybridized carbons (Fsp3) is 0. The molecule has 0 amide bonds. The van der Waals surface area contributed by atoms with Crippen molar-refractivity contribution >= 4 is 53.9 Å². The molecular weight excluding hydrogens is 889 g/mol. The van der Waals surface area contributed by atoms with Gasteiger partial charge in [0.1, 0.15) is 0 Å². The lowest BCUT2D eigenvalue weighted by Gasteiger charge is -2.23. The Bertz CT molecular complexity index is 4230. The smallest absolute Gasteiger partial charge is 0.00204 e. The van der Waals surface area contributed by atoms with Crippen LogP contribution in [0.5, 0.6) is 0 Å². The van der Waals surface area contributed by atoms with Crippen LogP contribution in [0.3, 0.4) is 0 Å². The van der Waals surface area contributed by atoms with E-state index in [0.29, 0.717) is 0 Å². The quantitative estimate of drug-likeness (QED) is 0.146. The molecule has 14 aromatic carbocycles. The van der Waals surface area contributed by atoms with Gasteiger partial charge in [0.25, 0.3) is 0 Å². The van der Waals surface area contributed by atoms with Crippen molar-refractivity contribution in [2.45, 2.75) is 0 Å². The van der Waals surface area contributed by atoms with Crippen molar-refractivity contribution in [2.75, 3.05) is 0 Å². The number of hydrogen-bond donors (Lipinski definition) is 0. The molecule has 0 saturated carbocycles. The predicted octanol–water partition coefficient (Wildman–Crippen LogP) is 20.7. The molecule has 0 fully saturated rings. The summed E-state index contributed by atoms with van der Waals surface area (Å²) < 4.78 is 0. The predicted molar refractivity (Wildman–Crippen MR) is 315 cm³/mol. The molecule has 0 saturated heterocycles. The monoisotopic (exact) mass is 932 g/mol. The van der Waals surface area contributed by atoms with E-state index < -0.39 is 0 Å². The van der Waals surface area contributed by atoms with Gasteiger partial charge < -0.3 is 0 Å². The van der Waals surface area contributed by atoms with Gasteiger partial charge in [-0.1, -0.05) is 231 Å². The van der Waals surface area contributed by atoms with E-state index in [-0.39, 0.29) is 0 Å². The minimum absolute atomic E-state index is 1.20. The summed E-state index contributed by atoms with van der Waals surface area (Å²) in [5.74, 6) is 0. The van der Waals surface area contributed by atoms with Crippen LogP contribution in [-0.4, -0.2) is 0 Å². The second kappa shape index (κ2) is 15.9. The van der Waals surface area contributed by atoms with Gasteiger partial charge in [-0.05, 0) is 202 Å². The summed E-state index contributed by atoms with van der Waals surface area (Å²) in [4.78, 5) is 0. The number of benzene rings is 14. The van der Waals surface area contributed by atoms with Gasteiger partial charge in [-0.2, -0.15) is 0 Å². The average molecular weight is 933 g/mol. The summed E-state index contributed by atoms with van der Waals surface area (Å²) >= 11 is 0. The SMILES string of the molecule is c1ccc(-c2cccc(-c3ccccc3)c2-c2cc3c4cc5c(cc4c(-c4c(-c6ccccc6)cccc4-c4ccccc4)cc3c3cc4c(cc23)-c2cccc3cccc-4c23)-c2cccc3cccc-5c23)cc1. The summed E-state index contributed by atoms with van der Waals surface area (Å²) in [5.41, 5.74) is 24.9. The molecule has 0 unspecified atom stereocenters. The van der Waals surface area contributed by atoms with Crippen molar-refractivity contribution in [3.05, 3.63) is 267 Å². The Hall–Kier alpha value is -9.62. The minimum Gasteiger partial charge on any atom is -0.0622 e. The van der Waals surface area contributed by atoms with E-state index in [0.717, 1.165) is 0 Å². The van der Waals surface area contributed by atoms with Crippen molar-refractivity contribution in [1.82, 2.24) is 0 Å². The maximum Gasteiger partial charge on any atom is -0.00204 e. The topological polar surface area (TPSA) is 0 Å². The largest absolute Gasteiger partial charge is 0.0622 e. The molecule has 0 heterocycles. The molecule has 0 nitrogen and oxygen atoms in total. The highest BCUT2D eigenvalue weighted by Gasteiger charge is 2.29. The van der Waals surface area contributed by atoms with Gasteiger partial charge in [-0.25, -0.2) is 0 Å². The molecule has 14 aromatic rings. The fourth-order valence-corrected chi connectivity index (χ4v) is 13.1. The summed E-state index contributed by atoms with van der Waals surface area (Å²) in [7, 11) is 0. The van der Waals surface area contributed by atoms with Gasteiger partial charge in [0.2, 0.25) is 0 Å². The Labute approximate surface area is 429 Å².